The van der Waals surface area contributed by atoms with E-state index in [9.17, 15) is 9.59 Å². The minimum atomic E-state index is -0.448. The monoisotopic (exact) mass is 282 g/mol. The molecular formula is C13H18N2O3S. The molecule has 2 rings (SSSR count). The molecule has 6 heteroatoms. The first-order chi connectivity index (χ1) is 9.04. The minimum absolute atomic E-state index is 0.125. The highest BCUT2D eigenvalue weighted by Crippen LogP contribution is 2.28. The summed E-state index contributed by atoms with van der Waals surface area (Å²) in [6, 6.07) is 1.24. The van der Waals surface area contributed by atoms with Gasteiger partial charge in [-0.15, -0.1) is 11.3 Å². The smallest absolute Gasteiger partial charge is 0.328 e. The number of carbonyl (C=O) groups excluding carboxylic acids is 2. The molecule has 0 radical (unpaired) electrons. The Morgan fingerprint density at radius 3 is 2.89 bits per heavy atom. The van der Waals surface area contributed by atoms with Gasteiger partial charge in [0.2, 0.25) is 0 Å². The van der Waals surface area contributed by atoms with Gasteiger partial charge < -0.3 is 15.4 Å². The van der Waals surface area contributed by atoms with Gasteiger partial charge in [0.05, 0.1) is 11.5 Å². The van der Waals surface area contributed by atoms with Crippen LogP contribution in [-0.2, 0) is 9.53 Å². The Kier molecular flexibility index (Phi) is 4.09. The summed E-state index contributed by atoms with van der Waals surface area (Å²) >= 11 is 1.37. The fourth-order valence-electron chi connectivity index (χ4n) is 2.24. The van der Waals surface area contributed by atoms with E-state index in [0.29, 0.717) is 30.1 Å². The predicted octanol–water partition coefficient (Wildman–Crippen LogP) is 1.81. The van der Waals surface area contributed by atoms with Gasteiger partial charge in [-0.05, 0) is 32.8 Å². The van der Waals surface area contributed by atoms with Crippen molar-refractivity contribution >= 4 is 28.9 Å². The minimum Gasteiger partial charge on any atom is -0.464 e. The van der Waals surface area contributed by atoms with Crippen molar-refractivity contribution in [3.05, 3.63) is 15.8 Å². The van der Waals surface area contributed by atoms with Crippen molar-refractivity contribution in [1.29, 1.82) is 0 Å². The van der Waals surface area contributed by atoms with Crippen LogP contribution < -0.4 is 5.73 Å². The number of nitrogen functional groups attached to an aromatic ring is 1. The van der Waals surface area contributed by atoms with Crippen molar-refractivity contribution in [2.45, 2.75) is 32.7 Å². The highest BCUT2D eigenvalue weighted by atomic mass is 32.1. The lowest BCUT2D eigenvalue weighted by atomic mass is 10.2. The molecular weight excluding hydrogens is 264 g/mol. The number of aryl methyl sites for hydroxylation is 1. The molecule has 1 aromatic rings. The summed E-state index contributed by atoms with van der Waals surface area (Å²) in [5, 5.41) is 0. The maximum Gasteiger partial charge on any atom is 0.328 e. The van der Waals surface area contributed by atoms with Crippen LogP contribution in [0.15, 0.2) is 6.07 Å². The van der Waals surface area contributed by atoms with Gasteiger partial charge in [-0.2, -0.15) is 0 Å². The van der Waals surface area contributed by atoms with Crippen LogP contribution in [0, 0.1) is 6.92 Å². The number of likely N-dealkylation sites (tertiary alicyclic amines) is 1. The summed E-state index contributed by atoms with van der Waals surface area (Å²) in [6.45, 7) is 4.58. The summed E-state index contributed by atoms with van der Waals surface area (Å²) in [5.41, 5.74) is 6.39. The van der Waals surface area contributed by atoms with E-state index in [-0.39, 0.29) is 11.9 Å². The number of carbonyl (C=O) groups is 2. The molecule has 1 aliphatic rings. The first kappa shape index (κ1) is 13.9. The van der Waals surface area contributed by atoms with Gasteiger partial charge in [-0.1, -0.05) is 0 Å². The summed E-state index contributed by atoms with van der Waals surface area (Å²) in [5.74, 6) is -0.435. The average Bonchev–Trinajstić information content (AvgIpc) is 2.97. The highest BCUT2D eigenvalue weighted by molar-refractivity contribution is 7.14. The van der Waals surface area contributed by atoms with Crippen molar-refractivity contribution in [1.82, 2.24) is 4.90 Å². The standard InChI is InChI=1S/C13H18N2O3S/c1-3-18-13(17)10-5-4-6-15(10)12(16)11-7-9(14)8(2)19-11/h7,10H,3-6,14H2,1-2H3. The van der Waals surface area contributed by atoms with Crippen molar-refractivity contribution in [3.63, 3.8) is 0 Å². The number of nitrogens with two attached hydrogens (primary N) is 1. The van der Waals surface area contributed by atoms with Crippen molar-refractivity contribution in [2.24, 2.45) is 0 Å². The normalized spacial score (nSPS) is 18.6. The zero-order valence-corrected chi connectivity index (χ0v) is 12.0. The zero-order valence-electron chi connectivity index (χ0n) is 11.1. The molecule has 0 aromatic carbocycles. The van der Waals surface area contributed by atoms with E-state index in [4.69, 9.17) is 10.5 Å². The van der Waals surface area contributed by atoms with Gasteiger partial charge >= 0.3 is 5.97 Å². The van der Waals surface area contributed by atoms with E-state index in [2.05, 4.69) is 0 Å². The lowest BCUT2D eigenvalue weighted by molar-refractivity contribution is -0.147. The van der Waals surface area contributed by atoms with Crippen LogP contribution in [0.2, 0.25) is 0 Å². The Morgan fingerprint density at radius 2 is 2.32 bits per heavy atom. The van der Waals surface area contributed by atoms with Gasteiger partial charge in [0.25, 0.3) is 5.91 Å². The van der Waals surface area contributed by atoms with E-state index >= 15 is 0 Å². The van der Waals surface area contributed by atoms with Crippen molar-refractivity contribution < 1.29 is 14.3 Å². The number of thiophene rings is 1. The maximum atomic E-state index is 12.4. The van der Waals surface area contributed by atoms with Crippen LogP contribution in [0.25, 0.3) is 0 Å². The van der Waals surface area contributed by atoms with Crippen molar-refractivity contribution in [2.75, 3.05) is 18.9 Å². The first-order valence-electron chi connectivity index (χ1n) is 6.38. The zero-order chi connectivity index (χ0) is 14.0. The average molecular weight is 282 g/mol. The Labute approximate surface area is 116 Å². The number of esters is 1. The molecule has 0 spiro atoms. The Hall–Kier alpha value is -1.56. The lowest BCUT2D eigenvalue weighted by Gasteiger charge is -2.22. The van der Waals surface area contributed by atoms with Crippen LogP contribution in [-0.4, -0.2) is 36.0 Å². The Morgan fingerprint density at radius 1 is 1.58 bits per heavy atom. The highest BCUT2D eigenvalue weighted by Gasteiger charge is 2.36. The molecule has 1 unspecified atom stereocenters. The number of anilines is 1. The molecule has 1 fully saturated rings. The third-order valence-corrected chi connectivity index (χ3v) is 4.29. The molecule has 1 aliphatic heterocycles. The number of nitrogens with zero attached hydrogens (tertiary/aromatic N) is 1. The van der Waals surface area contributed by atoms with Gasteiger partial charge in [0.1, 0.15) is 6.04 Å². The summed E-state index contributed by atoms with van der Waals surface area (Å²) in [6.07, 6.45) is 1.50. The molecule has 19 heavy (non-hydrogen) atoms. The molecule has 5 nitrogen and oxygen atoms in total. The molecule has 1 amide bonds. The van der Waals surface area contributed by atoms with E-state index in [1.165, 1.54) is 11.3 Å². The second-order valence-corrected chi connectivity index (χ2v) is 5.79. The molecule has 0 saturated carbocycles. The fourth-order valence-corrected chi connectivity index (χ4v) is 3.13. The molecule has 2 heterocycles. The third-order valence-electron chi connectivity index (χ3n) is 3.24. The molecule has 1 aromatic heterocycles. The number of amides is 1. The van der Waals surface area contributed by atoms with Gasteiger partial charge in [-0.25, -0.2) is 4.79 Å². The number of hydrogen-bond acceptors (Lipinski definition) is 5. The van der Waals surface area contributed by atoms with Crippen LogP contribution >= 0.6 is 11.3 Å². The lowest BCUT2D eigenvalue weighted by Crippen LogP contribution is -2.41. The van der Waals surface area contributed by atoms with Crippen LogP contribution in [0.3, 0.4) is 0 Å². The van der Waals surface area contributed by atoms with E-state index in [1.807, 2.05) is 6.92 Å². The van der Waals surface area contributed by atoms with Gasteiger partial charge in [0.15, 0.2) is 0 Å². The van der Waals surface area contributed by atoms with Gasteiger partial charge in [-0.3, -0.25) is 4.79 Å². The molecule has 1 saturated heterocycles. The summed E-state index contributed by atoms with van der Waals surface area (Å²) in [4.78, 5) is 27.3. The molecule has 1 atom stereocenters. The topological polar surface area (TPSA) is 72.6 Å². The SMILES string of the molecule is CCOC(=O)C1CCCN1C(=O)c1cc(N)c(C)s1. The van der Waals surface area contributed by atoms with Crippen LogP contribution in [0.5, 0.6) is 0 Å². The number of hydrogen-bond donors (Lipinski definition) is 1. The second kappa shape index (κ2) is 5.61. The second-order valence-electron chi connectivity index (χ2n) is 4.53. The van der Waals surface area contributed by atoms with Gasteiger partial charge in [0, 0.05) is 17.1 Å². The summed E-state index contributed by atoms with van der Waals surface area (Å²) < 4.78 is 5.02. The third kappa shape index (κ3) is 2.73. The summed E-state index contributed by atoms with van der Waals surface area (Å²) in [7, 11) is 0. The number of rotatable bonds is 3. The molecule has 0 bridgehead atoms. The molecule has 2 N–H and O–H groups in total. The largest absolute Gasteiger partial charge is 0.464 e. The van der Waals surface area contributed by atoms with Crippen LogP contribution in [0.4, 0.5) is 5.69 Å². The molecule has 0 aliphatic carbocycles. The first-order valence-corrected chi connectivity index (χ1v) is 7.19. The number of ether oxygens (including phenoxy) is 1. The van der Waals surface area contributed by atoms with E-state index in [0.717, 1.165) is 11.3 Å². The molecule has 104 valence electrons. The van der Waals surface area contributed by atoms with E-state index in [1.54, 1.807) is 17.9 Å². The van der Waals surface area contributed by atoms with Crippen molar-refractivity contribution in [3.8, 4) is 0 Å². The maximum absolute atomic E-state index is 12.4. The quantitative estimate of drug-likeness (QED) is 0.858. The Balaban J connectivity index is 2.15. The fraction of sp³-hybridized carbons (Fsp3) is 0.538. The van der Waals surface area contributed by atoms with E-state index < -0.39 is 6.04 Å². The predicted molar refractivity (Wildman–Crippen MR) is 74.2 cm³/mol. The Bertz CT molecular complexity index is 479. The van der Waals surface area contributed by atoms with Crippen LogP contribution in [0.1, 0.15) is 34.3 Å².